The summed E-state index contributed by atoms with van der Waals surface area (Å²) in [5.41, 5.74) is 1.41. The number of rotatable bonds is 4. The van der Waals surface area contributed by atoms with Gasteiger partial charge in [-0.3, -0.25) is 9.69 Å². The highest BCUT2D eigenvalue weighted by molar-refractivity contribution is 5.86. The molecule has 0 saturated carbocycles. The maximum Gasteiger partial charge on any atom is 0.228 e. The summed E-state index contributed by atoms with van der Waals surface area (Å²) in [4.78, 5) is 20.9. The summed E-state index contributed by atoms with van der Waals surface area (Å²) >= 11 is 0. The zero-order valence-corrected chi connectivity index (χ0v) is 14.0. The van der Waals surface area contributed by atoms with Gasteiger partial charge in [-0.25, -0.2) is 0 Å². The van der Waals surface area contributed by atoms with Crippen LogP contribution in [0.2, 0.25) is 0 Å². The number of benzene rings is 1. The van der Waals surface area contributed by atoms with E-state index < -0.39 is 0 Å². The highest BCUT2D eigenvalue weighted by Gasteiger charge is 2.23. The van der Waals surface area contributed by atoms with E-state index in [-0.39, 0.29) is 12.3 Å². The topological polar surface area (TPSA) is 88.5 Å². The number of carbonyl (C=O) groups is 1. The summed E-state index contributed by atoms with van der Waals surface area (Å²) in [7, 11) is 0. The lowest BCUT2D eigenvalue weighted by molar-refractivity contribution is -0.132. The van der Waals surface area contributed by atoms with Crippen molar-refractivity contribution in [3.8, 4) is 0 Å². The lowest BCUT2D eigenvalue weighted by Crippen LogP contribution is -2.48. The molecular formula is C17H19N5O3. The van der Waals surface area contributed by atoms with Gasteiger partial charge in [-0.15, -0.1) is 0 Å². The molecule has 130 valence electrons. The molecule has 8 heteroatoms. The molecule has 0 atom stereocenters. The average molecular weight is 341 g/mol. The molecule has 3 heterocycles. The first-order chi connectivity index (χ1) is 12.2. The Bertz CT molecular complexity index is 879. The lowest BCUT2D eigenvalue weighted by atomic mass is 10.1. The minimum atomic E-state index is 0.0779. The highest BCUT2D eigenvalue weighted by atomic mass is 16.5. The summed E-state index contributed by atoms with van der Waals surface area (Å²) in [5, 5.41) is 8.86. The Balaban J connectivity index is 1.33. The second-order valence-electron chi connectivity index (χ2n) is 6.19. The minimum Gasteiger partial charge on any atom is -0.356 e. The third-order valence-electron chi connectivity index (χ3n) is 4.43. The van der Waals surface area contributed by atoms with Crippen LogP contribution in [0.1, 0.15) is 17.4 Å². The fourth-order valence-electron chi connectivity index (χ4n) is 3.08. The molecule has 1 fully saturated rings. The van der Waals surface area contributed by atoms with Crippen LogP contribution in [-0.4, -0.2) is 57.2 Å². The molecule has 1 aliphatic rings. The molecule has 3 aromatic rings. The molecule has 2 aromatic heterocycles. The van der Waals surface area contributed by atoms with Gasteiger partial charge in [0.25, 0.3) is 0 Å². The largest absolute Gasteiger partial charge is 0.356 e. The molecule has 1 saturated heterocycles. The van der Waals surface area contributed by atoms with Crippen molar-refractivity contribution < 1.29 is 13.8 Å². The molecule has 1 aromatic carbocycles. The fourth-order valence-corrected chi connectivity index (χ4v) is 3.08. The predicted octanol–water partition coefficient (Wildman–Crippen LogP) is 1.41. The number of carbonyl (C=O) groups excluding carboxylic acids is 1. The van der Waals surface area contributed by atoms with Gasteiger partial charge in [0.1, 0.15) is 5.69 Å². The normalized spacial score (nSPS) is 15.8. The summed E-state index contributed by atoms with van der Waals surface area (Å²) in [5.74, 6) is 1.34. The van der Waals surface area contributed by atoms with Gasteiger partial charge in [0.05, 0.1) is 13.0 Å². The van der Waals surface area contributed by atoms with Gasteiger partial charge >= 0.3 is 0 Å². The number of fused-ring (bicyclic) bond motifs is 1. The molecule has 0 unspecified atom stereocenters. The van der Waals surface area contributed by atoms with E-state index in [1.807, 2.05) is 29.2 Å². The Labute approximate surface area is 144 Å². The molecule has 4 rings (SSSR count). The van der Waals surface area contributed by atoms with Crippen molar-refractivity contribution in [2.75, 3.05) is 26.2 Å². The van der Waals surface area contributed by atoms with Gasteiger partial charge in [0.2, 0.25) is 11.8 Å². The van der Waals surface area contributed by atoms with Crippen LogP contribution in [0.3, 0.4) is 0 Å². The molecule has 0 spiro atoms. The van der Waals surface area contributed by atoms with Gasteiger partial charge in [-0.05, 0) is 12.1 Å². The second-order valence-corrected chi connectivity index (χ2v) is 6.19. The lowest BCUT2D eigenvalue weighted by Gasteiger charge is -2.34. The summed E-state index contributed by atoms with van der Waals surface area (Å²) in [6.07, 6.45) is 0.265. The predicted molar refractivity (Wildman–Crippen MR) is 88.6 cm³/mol. The first-order valence-electron chi connectivity index (χ1n) is 8.31. The molecule has 0 radical (unpaired) electrons. The van der Waals surface area contributed by atoms with Gasteiger partial charge in [0.15, 0.2) is 11.4 Å². The van der Waals surface area contributed by atoms with Crippen molar-refractivity contribution in [1.29, 1.82) is 0 Å². The van der Waals surface area contributed by atoms with Crippen LogP contribution in [0, 0.1) is 6.92 Å². The van der Waals surface area contributed by atoms with Crippen molar-refractivity contribution in [3.05, 3.63) is 41.7 Å². The van der Waals surface area contributed by atoms with E-state index in [4.69, 9.17) is 9.05 Å². The van der Waals surface area contributed by atoms with Crippen LogP contribution in [-0.2, 0) is 17.8 Å². The molecule has 0 aliphatic carbocycles. The van der Waals surface area contributed by atoms with Crippen molar-refractivity contribution in [2.24, 2.45) is 0 Å². The Morgan fingerprint density at radius 3 is 2.68 bits per heavy atom. The number of amides is 1. The van der Waals surface area contributed by atoms with E-state index in [9.17, 15) is 4.79 Å². The number of hydrogen-bond acceptors (Lipinski definition) is 7. The van der Waals surface area contributed by atoms with E-state index in [0.717, 1.165) is 18.5 Å². The zero-order chi connectivity index (χ0) is 17.2. The van der Waals surface area contributed by atoms with Crippen molar-refractivity contribution >= 4 is 16.9 Å². The number of aryl methyl sites for hydroxylation is 1. The Kier molecular flexibility index (Phi) is 4.19. The molecule has 1 aliphatic heterocycles. The van der Waals surface area contributed by atoms with Crippen LogP contribution >= 0.6 is 0 Å². The first kappa shape index (κ1) is 15.8. The van der Waals surface area contributed by atoms with Gasteiger partial charge < -0.3 is 13.9 Å². The number of nitrogens with zero attached hydrogens (tertiary/aromatic N) is 5. The molecule has 0 bridgehead atoms. The summed E-state index contributed by atoms with van der Waals surface area (Å²) < 4.78 is 10.3. The Morgan fingerprint density at radius 1 is 1.12 bits per heavy atom. The Morgan fingerprint density at radius 2 is 1.92 bits per heavy atom. The van der Waals surface area contributed by atoms with Crippen LogP contribution in [0.15, 0.2) is 33.3 Å². The average Bonchev–Trinajstić information content (AvgIpc) is 3.22. The molecular weight excluding hydrogens is 322 g/mol. The zero-order valence-electron chi connectivity index (χ0n) is 14.0. The van der Waals surface area contributed by atoms with Crippen LogP contribution in [0.25, 0.3) is 11.0 Å². The molecule has 8 nitrogen and oxygen atoms in total. The monoisotopic (exact) mass is 341 g/mol. The first-order valence-corrected chi connectivity index (χ1v) is 8.31. The molecule has 25 heavy (non-hydrogen) atoms. The fraction of sp³-hybridized carbons (Fsp3) is 0.412. The van der Waals surface area contributed by atoms with E-state index in [1.165, 1.54) is 0 Å². The number of hydrogen-bond donors (Lipinski definition) is 0. The van der Waals surface area contributed by atoms with E-state index in [0.29, 0.717) is 42.6 Å². The number of piperazine rings is 1. The van der Waals surface area contributed by atoms with Crippen molar-refractivity contribution in [2.45, 2.75) is 19.9 Å². The van der Waals surface area contributed by atoms with E-state index in [1.54, 1.807) is 6.92 Å². The SMILES string of the molecule is Cc1nc(CN2CCN(C(=O)Cc3noc4ccccc34)CC2)no1. The highest BCUT2D eigenvalue weighted by Crippen LogP contribution is 2.19. The van der Waals surface area contributed by atoms with Crippen LogP contribution in [0.5, 0.6) is 0 Å². The molecule has 0 N–H and O–H groups in total. The second kappa shape index (κ2) is 6.64. The minimum absolute atomic E-state index is 0.0779. The quantitative estimate of drug-likeness (QED) is 0.709. The molecule has 1 amide bonds. The van der Waals surface area contributed by atoms with Gasteiger partial charge in [-0.1, -0.05) is 22.4 Å². The van der Waals surface area contributed by atoms with Gasteiger partial charge in [0, 0.05) is 38.5 Å². The summed E-state index contributed by atoms with van der Waals surface area (Å²) in [6.45, 7) is 5.38. The van der Waals surface area contributed by atoms with E-state index >= 15 is 0 Å². The maximum atomic E-state index is 12.6. The Hall–Kier alpha value is -2.74. The summed E-state index contributed by atoms with van der Waals surface area (Å²) in [6, 6.07) is 7.60. The standard InChI is InChI=1S/C17H19N5O3/c1-12-18-16(20-24-12)11-21-6-8-22(9-7-21)17(23)10-14-13-4-2-3-5-15(13)25-19-14/h2-5H,6-11H2,1H3. The van der Waals surface area contributed by atoms with E-state index in [2.05, 4.69) is 20.2 Å². The number of aromatic nitrogens is 3. The number of para-hydroxylation sites is 1. The van der Waals surface area contributed by atoms with Gasteiger partial charge in [-0.2, -0.15) is 4.98 Å². The van der Waals surface area contributed by atoms with Crippen LogP contribution in [0.4, 0.5) is 0 Å². The smallest absolute Gasteiger partial charge is 0.228 e. The third kappa shape index (κ3) is 3.39. The third-order valence-corrected chi connectivity index (χ3v) is 4.43. The maximum absolute atomic E-state index is 12.6. The van der Waals surface area contributed by atoms with Crippen molar-refractivity contribution in [1.82, 2.24) is 25.1 Å². The van der Waals surface area contributed by atoms with Crippen molar-refractivity contribution in [3.63, 3.8) is 0 Å². The van der Waals surface area contributed by atoms with Crippen LogP contribution < -0.4 is 0 Å².